The standard InChI is InChI=1S/C19H33NO4/c1-3-21-14-6-15-22-12-4-5-13-23-16-7-17-24-19-10-8-18(20-2)9-11-19/h8-11,20H,3-7,12-17H2,1-2H3. The van der Waals surface area contributed by atoms with E-state index in [0.717, 1.165) is 76.8 Å². The largest absolute Gasteiger partial charge is 0.494 e. The highest BCUT2D eigenvalue weighted by atomic mass is 16.5. The number of ether oxygens (including phenoxy) is 4. The van der Waals surface area contributed by atoms with Crippen LogP contribution in [-0.2, 0) is 14.2 Å². The number of nitrogens with one attached hydrogen (secondary N) is 1. The van der Waals surface area contributed by atoms with Gasteiger partial charge in [-0.2, -0.15) is 0 Å². The molecule has 5 heteroatoms. The van der Waals surface area contributed by atoms with Crippen LogP contribution in [0.3, 0.4) is 0 Å². The number of benzene rings is 1. The Hall–Kier alpha value is -1.30. The van der Waals surface area contributed by atoms with Crippen LogP contribution in [0.15, 0.2) is 24.3 Å². The summed E-state index contributed by atoms with van der Waals surface area (Å²) >= 11 is 0. The Morgan fingerprint density at radius 2 is 1.25 bits per heavy atom. The first-order chi connectivity index (χ1) is 11.9. The fourth-order valence-corrected chi connectivity index (χ4v) is 2.09. The first-order valence-corrected chi connectivity index (χ1v) is 9.00. The lowest BCUT2D eigenvalue weighted by atomic mass is 10.3. The van der Waals surface area contributed by atoms with Gasteiger partial charge in [-0.3, -0.25) is 0 Å². The minimum atomic E-state index is 0.682. The molecule has 24 heavy (non-hydrogen) atoms. The van der Waals surface area contributed by atoms with Gasteiger partial charge >= 0.3 is 0 Å². The molecular weight excluding hydrogens is 306 g/mol. The molecule has 0 fully saturated rings. The van der Waals surface area contributed by atoms with Crippen LogP contribution in [0.4, 0.5) is 5.69 Å². The van der Waals surface area contributed by atoms with Crippen LogP contribution in [0.2, 0.25) is 0 Å². The lowest BCUT2D eigenvalue weighted by Crippen LogP contribution is -2.05. The van der Waals surface area contributed by atoms with Crippen molar-refractivity contribution in [3.05, 3.63) is 24.3 Å². The van der Waals surface area contributed by atoms with Crippen molar-refractivity contribution in [1.29, 1.82) is 0 Å². The van der Waals surface area contributed by atoms with Gasteiger partial charge in [0.05, 0.1) is 6.61 Å². The van der Waals surface area contributed by atoms with Crippen molar-refractivity contribution in [1.82, 2.24) is 0 Å². The van der Waals surface area contributed by atoms with E-state index in [1.165, 1.54) is 0 Å². The fourth-order valence-electron chi connectivity index (χ4n) is 2.09. The van der Waals surface area contributed by atoms with Gasteiger partial charge in [0.15, 0.2) is 0 Å². The molecule has 0 heterocycles. The average Bonchev–Trinajstić information content (AvgIpc) is 2.62. The Labute approximate surface area is 146 Å². The van der Waals surface area contributed by atoms with E-state index in [0.29, 0.717) is 6.61 Å². The van der Waals surface area contributed by atoms with Crippen molar-refractivity contribution < 1.29 is 18.9 Å². The van der Waals surface area contributed by atoms with Crippen molar-refractivity contribution in [3.8, 4) is 5.75 Å². The van der Waals surface area contributed by atoms with Gasteiger partial charge in [-0.05, 0) is 50.5 Å². The summed E-state index contributed by atoms with van der Waals surface area (Å²) < 4.78 is 22.1. The molecule has 1 aromatic carbocycles. The summed E-state index contributed by atoms with van der Waals surface area (Å²) in [5, 5.41) is 3.08. The molecule has 0 saturated heterocycles. The molecule has 0 saturated carbocycles. The van der Waals surface area contributed by atoms with Gasteiger partial charge in [-0.15, -0.1) is 0 Å². The van der Waals surface area contributed by atoms with E-state index in [-0.39, 0.29) is 0 Å². The Morgan fingerprint density at radius 1 is 0.708 bits per heavy atom. The predicted molar refractivity (Wildman–Crippen MR) is 98.1 cm³/mol. The molecular formula is C19H33NO4. The number of unbranched alkanes of at least 4 members (excludes halogenated alkanes) is 1. The molecule has 0 aliphatic rings. The first kappa shape index (κ1) is 20.7. The van der Waals surface area contributed by atoms with Crippen molar-refractivity contribution >= 4 is 5.69 Å². The minimum Gasteiger partial charge on any atom is -0.494 e. The topological polar surface area (TPSA) is 49.0 Å². The van der Waals surface area contributed by atoms with Gasteiger partial charge in [0.2, 0.25) is 0 Å². The van der Waals surface area contributed by atoms with Gasteiger partial charge in [-0.25, -0.2) is 0 Å². The molecule has 0 amide bonds. The fraction of sp³-hybridized carbons (Fsp3) is 0.684. The summed E-state index contributed by atoms with van der Waals surface area (Å²) in [7, 11) is 1.90. The summed E-state index contributed by atoms with van der Waals surface area (Å²) in [6.07, 6.45) is 3.96. The van der Waals surface area contributed by atoms with Crippen LogP contribution in [0, 0.1) is 0 Å². The molecule has 0 spiro atoms. The Bertz CT molecular complexity index is 383. The Morgan fingerprint density at radius 3 is 1.83 bits per heavy atom. The summed E-state index contributed by atoms with van der Waals surface area (Å²) in [5.41, 5.74) is 1.09. The summed E-state index contributed by atoms with van der Waals surface area (Å²) in [4.78, 5) is 0. The zero-order chi connectivity index (χ0) is 17.3. The van der Waals surface area contributed by atoms with Crippen LogP contribution in [0.1, 0.15) is 32.6 Å². The molecule has 0 aliphatic heterocycles. The normalized spacial score (nSPS) is 10.8. The van der Waals surface area contributed by atoms with E-state index in [2.05, 4.69) is 5.32 Å². The Kier molecular flexibility index (Phi) is 13.2. The van der Waals surface area contributed by atoms with Crippen LogP contribution < -0.4 is 10.1 Å². The molecule has 0 aromatic heterocycles. The third kappa shape index (κ3) is 11.3. The van der Waals surface area contributed by atoms with E-state index in [9.17, 15) is 0 Å². The highest BCUT2D eigenvalue weighted by Crippen LogP contribution is 2.15. The number of hydrogen-bond donors (Lipinski definition) is 1. The third-order valence-electron chi connectivity index (χ3n) is 3.45. The van der Waals surface area contributed by atoms with Gasteiger partial charge < -0.3 is 24.3 Å². The van der Waals surface area contributed by atoms with E-state index >= 15 is 0 Å². The SMILES string of the molecule is CCOCCCOCCCCOCCCOc1ccc(NC)cc1. The molecule has 0 unspecified atom stereocenters. The quantitative estimate of drug-likeness (QED) is 0.465. The monoisotopic (exact) mass is 339 g/mol. The lowest BCUT2D eigenvalue weighted by Gasteiger charge is -2.08. The van der Waals surface area contributed by atoms with Gasteiger partial charge in [0.1, 0.15) is 5.75 Å². The molecule has 1 rings (SSSR count). The van der Waals surface area contributed by atoms with Crippen molar-refractivity contribution in [3.63, 3.8) is 0 Å². The van der Waals surface area contributed by atoms with E-state index < -0.39 is 0 Å². The number of rotatable bonds is 16. The summed E-state index contributed by atoms with van der Waals surface area (Å²) in [6, 6.07) is 7.96. The van der Waals surface area contributed by atoms with Gasteiger partial charge in [0.25, 0.3) is 0 Å². The molecule has 138 valence electrons. The number of hydrogen-bond acceptors (Lipinski definition) is 5. The van der Waals surface area contributed by atoms with Crippen molar-refractivity contribution in [2.24, 2.45) is 0 Å². The van der Waals surface area contributed by atoms with Gasteiger partial charge in [0, 0.05) is 58.8 Å². The molecule has 5 nitrogen and oxygen atoms in total. The molecule has 0 atom stereocenters. The smallest absolute Gasteiger partial charge is 0.119 e. The highest BCUT2D eigenvalue weighted by molar-refractivity contribution is 5.45. The van der Waals surface area contributed by atoms with E-state index in [4.69, 9.17) is 18.9 Å². The molecule has 1 aromatic rings. The second-order valence-corrected chi connectivity index (χ2v) is 5.46. The third-order valence-corrected chi connectivity index (χ3v) is 3.45. The average molecular weight is 339 g/mol. The molecule has 1 N–H and O–H groups in total. The molecule has 0 radical (unpaired) electrons. The molecule has 0 aliphatic carbocycles. The lowest BCUT2D eigenvalue weighted by molar-refractivity contribution is 0.0769. The maximum atomic E-state index is 5.67. The van der Waals surface area contributed by atoms with Gasteiger partial charge in [-0.1, -0.05) is 0 Å². The second-order valence-electron chi connectivity index (χ2n) is 5.46. The zero-order valence-corrected chi connectivity index (χ0v) is 15.2. The van der Waals surface area contributed by atoms with E-state index in [1.54, 1.807) is 0 Å². The van der Waals surface area contributed by atoms with Crippen LogP contribution >= 0.6 is 0 Å². The second kappa shape index (κ2) is 15.2. The van der Waals surface area contributed by atoms with Crippen molar-refractivity contribution in [2.45, 2.75) is 32.6 Å². The predicted octanol–water partition coefficient (Wildman–Crippen LogP) is 3.74. The van der Waals surface area contributed by atoms with Crippen LogP contribution in [0.25, 0.3) is 0 Å². The zero-order valence-electron chi connectivity index (χ0n) is 15.2. The maximum Gasteiger partial charge on any atom is 0.119 e. The maximum absolute atomic E-state index is 5.67. The van der Waals surface area contributed by atoms with Crippen LogP contribution in [0.5, 0.6) is 5.75 Å². The molecule has 0 bridgehead atoms. The van der Waals surface area contributed by atoms with Crippen LogP contribution in [-0.4, -0.2) is 53.3 Å². The number of anilines is 1. The summed E-state index contributed by atoms with van der Waals surface area (Å²) in [6.45, 7) is 7.39. The minimum absolute atomic E-state index is 0.682. The van der Waals surface area contributed by atoms with Crippen molar-refractivity contribution in [2.75, 3.05) is 58.6 Å². The first-order valence-electron chi connectivity index (χ1n) is 9.00. The summed E-state index contributed by atoms with van der Waals surface area (Å²) in [5.74, 6) is 0.899. The van der Waals surface area contributed by atoms with E-state index in [1.807, 2.05) is 38.2 Å². The highest BCUT2D eigenvalue weighted by Gasteiger charge is 1.96. The Balaban J connectivity index is 1.80.